The second-order valence-corrected chi connectivity index (χ2v) is 35.5. The van der Waals surface area contributed by atoms with Crippen LogP contribution in [0, 0.1) is 29.6 Å². The van der Waals surface area contributed by atoms with Gasteiger partial charge in [-0.05, 0) is 204 Å². The van der Waals surface area contributed by atoms with E-state index in [0.717, 1.165) is 86.7 Å². The molecule has 18 bridgehead atoms. The van der Waals surface area contributed by atoms with E-state index in [1.165, 1.54) is 63.4 Å². The van der Waals surface area contributed by atoms with Crippen molar-refractivity contribution in [3.8, 4) is 68.6 Å². The largest absolute Gasteiger partial charge is 0.508 e. The first-order valence-corrected chi connectivity index (χ1v) is 43.1. The zero-order valence-corrected chi connectivity index (χ0v) is 71.8. The molecule has 38 nitrogen and oxygen atoms in total. The number of fused-ring (bicyclic) bond motifs is 16. The molecule has 0 aromatic heterocycles. The fraction of sp³-hybridized carbons (Fsp3) is 0.494. The Morgan fingerprint density at radius 2 is 1.27 bits per heavy atom. The van der Waals surface area contributed by atoms with E-state index in [-0.39, 0.29) is 100 Å². The van der Waals surface area contributed by atoms with Crippen molar-refractivity contribution in [3.63, 3.8) is 0 Å². The molecule has 19 atom stereocenters. The molecule has 0 spiro atoms. The predicted octanol–water partition coefficient (Wildman–Crippen LogP) is 2.03. The lowest BCUT2D eigenvalue weighted by Gasteiger charge is -2.54. The van der Waals surface area contributed by atoms with Crippen LogP contribution < -0.4 is 87.9 Å². The third-order valence-corrected chi connectivity index (χ3v) is 25.7. The highest BCUT2D eigenvalue weighted by Crippen LogP contribution is 2.56. The minimum atomic E-state index is -2.42. The monoisotopic (exact) mass is 1790 g/mol. The van der Waals surface area contributed by atoms with Gasteiger partial charge in [0.1, 0.15) is 115 Å². The summed E-state index contributed by atoms with van der Waals surface area (Å²) in [7, 11) is 4.86. The number of phenols is 3. The van der Waals surface area contributed by atoms with E-state index in [4.69, 9.17) is 55.2 Å². The summed E-state index contributed by atoms with van der Waals surface area (Å²) in [6.45, 7) is 7.67. The van der Waals surface area contributed by atoms with Crippen molar-refractivity contribution in [3.05, 3.63) is 141 Å². The number of rotatable bonds is 20. The Morgan fingerprint density at radius 1 is 0.625 bits per heavy atom. The van der Waals surface area contributed by atoms with Gasteiger partial charge in [0.15, 0.2) is 35.4 Å². The number of phenolic OH excluding ortho intramolecular Hbond substituents is 3. The number of nitrogens with two attached hydrogens (primary N) is 1. The van der Waals surface area contributed by atoms with Gasteiger partial charge in [0.25, 0.3) is 5.91 Å². The Bertz CT molecular complexity index is 5250. The summed E-state index contributed by atoms with van der Waals surface area (Å²) in [5, 5.41) is 140. The third kappa shape index (κ3) is 19.0. The van der Waals surface area contributed by atoms with Crippen molar-refractivity contribution in [2.24, 2.45) is 35.3 Å². The Morgan fingerprint density at radius 3 is 1.93 bits per heavy atom. The number of ether oxygens (including phenoxy) is 8. The van der Waals surface area contributed by atoms with E-state index >= 15 is 28.8 Å². The van der Waals surface area contributed by atoms with Crippen molar-refractivity contribution < 1.29 is 127 Å². The molecular formula is C89H107ClN12O26. The van der Waals surface area contributed by atoms with Crippen LogP contribution in [0.2, 0.25) is 5.02 Å². The highest BCUT2D eigenvalue weighted by Gasteiger charge is 2.55. The van der Waals surface area contributed by atoms with E-state index in [1.54, 1.807) is 27.9 Å². The van der Waals surface area contributed by atoms with Crippen LogP contribution >= 0.6 is 11.6 Å². The van der Waals surface area contributed by atoms with Gasteiger partial charge in [-0.3, -0.25) is 48.5 Å². The zero-order valence-electron chi connectivity index (χ0n) is 71.0. The Kier molecular flexibility index (Phi) is 27.2. The van der Waals surface area contributed by atoms with Gasteiger partial charge < -0.3 is 143 Å². The second kappa shape index (κ2) is 37.9. The number of nitrogens with one attached hydrogen (secondary N) is 11. The number of carbonyl (C=O) groups excluding carboxylic acids is 9. The van der Waals surface area contributed by atoms with E-state index in [9.17, 15) is 60.3 Å². The molecule has 22 N–H and O–H groups in total. The maximum absolute atomic E-state index is 16.7. The summed E-state index contributed by atoms with van der Waals surface area (Å²) < 4.78 is 51.6. The Balaban J connectivity index is 0.923. The van der Waals surface area contributed by atoms with Crippen LogP contribution in [0.5, 0.6) is 57.5 Å². The quantitative estimate of drug-likeness (QED) is 0.0486. The van der Waals surface area contributed by atoms with Gasteiger partial charge in [0.05, 0.1) is 29.7 Å². The summed E-state index contributed by atoms with van der Waals surface area (Å²) in [6, 6.07) is 3.75. The van der Waals surface area contributed by atoms with E-state index in [1.807, 2.05) is 0 Å². The number of likely N-dealkylation sites (N-methyl/N-ethyl adjacent to an activating group) is 3. The molecule has 6 fully saturated rings. The van der Waals surface area contributed by atoms with Gasteiger partial charge in [0.2, 0.25) is 59.3 Å². The molecule has 686 valence electrons. The van der Waals surface area contributed by atoms with Gasteiger partial charge in [-0.2, -0.15) is 0 Å². The van der Waals surface area contributed by atoms with Gasteiger partial charge in [-0.25, -0.2) is 0 Å². The lowest BCUT2D eigenvalue weighted by Crippen LogP contribution is -2.64. The first-order chi connectivity index (χ1) is 61.0. The smallest absolute Gasteiger partial charge is 0.257 e. The van der Waals surface area contributed by atoms with Crippen molar-refractivity contribution in [2.45, 2.75) is 200 Å². The van der Waals surface area contributed by atoms with Crippen LogP contribution in [0.15, 0.2) is 97.1 Å². The summed E-state index contributed by atoms with van der Waals surface area (Å²) in [5.41, 5.74) is 2.28. The number of hydrogen-bond acceptors (Lipinski definition) is 30. The lowest BCUT2D eigenvalue weighted by molar-refractivity contribution is -0.339. The van der Waals surface area contributed by atoms with Crippen LogP contribution in [-0.2, 0) is 52.6 Å². The maximum atomic E-state index is 16.7. The molecule has 2 saturated heterocycles. The van der Waals surface area contributed by atoms with E-state index in [2.05, 4.69) is 58.5 Å². The molecule has 18 rings (SSSR count). The summed E-state index contributed by atoms with van der Waals surface area (Å²) in [6.07, 6.45) is -17.7. The number of amides is 9. The molecule has 4 saturated carbocycles. The maximum Gasteiger partial charge on any atom is 0.257 e. The molecule has 12 aliphatic rings. The van der Waals surface area contributed by atoms with Crippen molar-refractivity contribution in [2.75, 3.05) is 47.4 Å². The summed E-state index contributed by atoms with van der Waals surface area (Å²) in [5.74, 6) is -14.5. The number of benzene rings is 6. The van der Waals surface area contributed by atoms with Gasteiger partial charge in [0, 0.05) is 59.4 Å². The van der Waals surface area contributed by atoms with Gasteiger partial charge >= 0.3 is 0 Å². The average molecular weight is 1800 g/mol. The predicted molar refractivity (Wildman–Crippen MR) is 452 cm³/mol. The normalized spacial score (nSPS) is 30.8. The number of aromatic hydroxyl groups is 3. The first-order valence-electron chi connectivity index (χ1n) is 42.7. The lowest BCUT2D eigenvalue weighted by atomic mass is 9.54. The molecule has 128 heavy (non-hydrogen) atoms. The van der Waals surface area contributed by atoms with Crippen molar-refractivity contribution in [1.29, 1.82) is 0 Å². The molecule has 0 radical (unpaired) electrons. The van der Waals surface area contributed by atoms with Crippen molar-refractivity contribution in [1.82, 2.24) is 58.5 Å². The number of aliphatic hydroxyl groups is 6. The standard InChI is InChI=1S/C89H107ClN12O26/c1-36(2)20-52(94-7)81(114)101-69-71(107)41-9-13-56-49(27-41)73(109)77-74(110)75(111)78(126-63-35-89(4,91)79(112)37(3)123-63)88(128-77)127-76-60(124-56)30-46-31-61(76)125-57-14-10-42(28-51(57)90)72(108)70-87(120)100-68(85(118)97-65-44-22-38-21-39(24-44)25-45(65)23-38)50-32-47(103)33-55(105)64(50)48-26-40(8-12-54(48)104)66(83(116)102-70)99-84(117)67(46)98-82(115)53(95-86(69)119)34-62(106)96-80(113)43-11-15-58(121-18-16-92-5)59(29-43)122-19-17-93-6/h8-15,26-33,36-39,44-45,52-53,63,65-75,77-79,88,92-94,103-105,107-112H,16-25,34-35,91H2,1-7H3,(H,95,119)(H,97,118)(H,98,115)(H,99,117)(H,100,120)(H,101,114)(H,102,116)(H,96,106,113)/t37-,38?,39?,44?,45?,52+,53-,63-,65?,66+,67+,68-,69+,70-,71+,72+,73?,74-,75-,77+,78+,79+,88+,89-/m0/s1. The zero-order chi connectivity index (χ0) is 91.3. The topological polar surface area (TPSA) is 568 Å². The molecule has 6 aromatic rings. The number of imide groups is 1. The SMILES string of the molecule is CNCCOc1ccc(C(=O)NC(=O)C[C@@H]2NC(=O)[C@H](NC(=O)[C@@H](CC(C)C)NC)[C@H](O)c3ccc4c(c3)C(O)[C@H]3O[C@@H](Oc5c6cc(cc5O4)[C@@H](NC2=O)C(=O)N[C@H]2C(=O)N[C@H](C(=O)N[C@H](C(=O)NC4C5CC7CC(C5)CC4C7)c4cc(O)cc(O)c4-c4cc2ccc4O)[C@H](O)c2ccc(c(Cl)c2)O6)[C@H](O[C@H]2C[C@](C)(N)[C@H](O)[C@H](C)O2)[C@@H](O)[C@@H]3O)cc1OCCNC. The molecule has 4 aliphatic carbocycles. The minimum absolute atomic E-state index is 0.0550. The Hall–Kier alpha value is -11.1. The average Bonchev–Trinajstić information content (AvgIpc) is 0.755. The fourth-order valence-electron chi connectivity index (χ4n) is 19.1. The first kappa shape index (κ1) is 91.7. The number of hydrogen-bond donors (Lipinski definition) is 21. The molecular weight excluding hydrogens is 1690 g/mol. The Labute approximate surface area is 739 Å². The minimum Gasteiger partial charge on any atom is -0.508 e. The second-order valence-electron chi connectivity index (χ2n) is 35.1. The number of halogens is 1. The summed E-state index contributed by atoms with van der Waals surface area (Å²) >= 11 is 7.31. The number of aliphatic hydroxyl groups excluding tert-OH is 6. The van der Waals surface area contributed by atoms with Gasteiger partial charge in [-0.1, -0.05) is 43.6 Å². The fourth-order valence-corrected chi connectivity index (χ4v) is 19.3. The van der Waals surface area contributed by atoms with E-state index < -0.39 is 237 Å². The molecule has 8 aliphatic heterocycles. The number of carbonyl (C=O) groups is 9. The highest BCUT2D eigenvalue weighted by molar-refractivity contribution is 6.32. The molecule has 1 unspecified atom stereocenters. The van der Waals surface area contributed by atoms with E-state index in [0.29, 0.717) is 24.9 Å². The van der Waals surface area contributed by atoms with Crippen LogP contribution in [0.1, 0.15) is 159 Å². The molecule has 9 amide bonds. The third-order valence-electron chi connectivity index (χ3n) is 25.5. The molecule has 39 heteroatoms. The summed E-state index contributed by atoms with van der Waals surface area (Å²) in [4.78, 5) is 141. The van der Waals surface area contributed by atoms with Crippen LogP contribution in [0.3, 0.4) is 0 Å². The highest BCUT2D eigenvalue weighted by atomic mass is 35.5. The van der Waals surface area contributed by atoms with Crippen LogP contribution in [0.25, 0.3) is 11.1 Å². The van der Waals surface area contributed by atoms with Crippen LogP contribution in [0.4, 0.5) is 0 Å². The van der Waals surface area contributed by atoms with Crippen molar-refractivity contribution >= 4 is 64.8 Å². The van der Waals surface area contributed by atoms with Gasteiger partial charge in [-0.15, -0.1) is 0 Å². The molecule has 6 aromatic carbocycles. The molecule has 8 heterocycles. The van der Waals surface area contributed by atoms with Crippen LogP contribution in [-0.4, -0.2) is 232 Å².